The standard InChI is InChI=1S/C25H32NO2/c1-17(2)15-27-21-13-22(19(5)25(14-21)28-16-18(3)4)24-12-11-20-9-7-8-10-23(20)26(24)6/h7-14,17-18H,15-16H2,1-6H3/q+1. The smallest absolute Gasteiger partial charge is 0.213 e. The zero-order valence-electron chi connectivity index (χ0n) is 18.0. The van der Waals surface area contributed by atoms with Gasteiger partial charge in [0.1, 0.15) is 18.5 Å². The van der Waals surface area contributed by atoms with Crippen molar-refractivity contribution in [3.05, 3.63) is 54.1 Å². The highest BCUT2D eigenvalue weighted by Gasteiger charge is 2.20. The van der Waals surface area contributed by atoms with Crippen LogP contribution in [0.15, 0.2) is 48.5 Å². The second kappa shape index (κ2) is 8.64. The number of hydrogen-bond donors (Lipinski definition) is 0. The summed E-state index contributed by atoms with van der Waals surface area (Å²) in [5.74, 6) is 2.71. The Morgan fingerprint density at radius 2 is 1.54 bits per heavy atom. The summed E-state index contributed by atoms with van der Waals surface area (Å²) in [5.41, 5.74) is 4.65. The Morgan fingerprint density at radius 3 is 2.25 bits per heavy atom. The monoisotopic (exact) mass is 378 g/mol. The van der Waals surface area contributed by atoms with Crippen molar-refractivity contribution in [1.82, 2.24) is 0 Å². The van der Waals surface area contributed by atoms with E-state index in [1.165, 1.54) is 10.9 Å². The predicted molar refractivity (Wildman–Crippen MR) is 116 cm³/mol. The fourth-order valence-corrected chi connectivity index (χ4v) is 3.30. The zero-order valence-corrected chi connectivity index (χ0v) is 18.0. The van der Waals surface area contributed by atoms with Gasteiger partial charge in [0.2, 0.25) is 11.2 Å². The van der Waals surface area contributed by atoms with Crippen molar-refractivity contribution in [3.63, 3.8) is 0 Å². The number of aryl methyl sites for hydroxylation is 1. The molecule has 0 amide bonds. The summed E-state index contributed by atoms with van der Waals surface area (Å²) in [7, 11) is 2.12. The van der Waals surface area contributed by atoms with Gasteiger partial charge in [-0.3, -0.25) is 0 Å². The van der Waals surface area contributed by atoms with Crippen molar-refractivity contribution in [2.24, 2.45) is 18.9 Å². The summed E-state index contributed by atoms with van der Waals surface area (Å²) < 4.78 is 14.5. The lowest BCUT2D eigenvalue weighted by Gasteiger charge is -2.17. The molecular weight excluding hydrogens is 346 g/mol. The van der Waals surface area contributed by atoms with Crippen LogP contribution in [-0.2, 0) is 7.05 Å². The third-order valence-electron chi connectivity index (χ3n) is 4.85. The van der Waals surface area contributed by atoms with Gasteiger partial charge >= 0.3 is 0 Å². The molecule has 3 aromatic rings. The molecule has 0 fully saturated rings. The number of hydrogen-bond acceptors (Lipinski definition) is 2. The van der Waals surface area contributed by atoms with Crippen LogP contribution < -0.4 is 14.0 Å². The molecule has 28 heavy (non-hydrogen) atoms. The minimum absolute atomic E-state index is 0.472. The summed E-state index contributed by atoms with van der Waals surface area (Å²) in [4.78, 5) is 0. The fraction of sp³-hybridized carbons (Fsp3) is 0.400. The van der Waals surface area contributed by atoms with E-state index >= 15 is 0 Å². The largest absolute Gasteiger partial charge is 0.493 e. The minimum Gasteiger partial charge on any atom is -0.493 e. The van der Waals surface area contributed by atoms with Crippen LogP contribution >= 0.6 is 0 Å². The Labute approximate surface area is 168 Å². The number of nitrogens with zero attached hydrogens (tertiary/aromatic N) is 1. The molecule has 1 aromatic heterocycles. The molecule has 0 radical (unpaired) electrons. The Balaban J connectivity index is 2.11. The van der Waals surface area contributed by atoms with Crippen molar-refractivity contribution in [2.45, 2.75) is 34.6 Å². The van der Waals surface area contributed by atoms with Gasteiger partial charge in [-0.15, -0.1) is 0 Å². The van der Waals surface area contributed by atoms with E-state index in [0.717, 1.165) is 28.3 Å². The topological polar surface area (TPSA) is 22.3 Å². The van der Waals surface area contributed by atoms with Gasteiger partial charge < -0.3 is 9.47 Å². The van der Waals surface area contributed by atoms with Crippen molar-refractivity contribution in [3.8, 4) is 22.8 Å². The lowest BCUT2D eigenvalue weighted by molar-refractivity contribution is -0.633. The molecule has 0 aliphatic heterocycles. The molecule has 0 saturated heterocycles. The van der Waals surface area contributed by atoms with Gasteiger partial charge in [-0.1, -0.05) is 39.8 Å². The summed E-state index contributed by atoms with van der Waals surface area (Å²) in [5, 5.41) is 1.23. The fourth-order valence-electron chi connectivity index (χ4n) is 3.30. The van der Waals surface area contributed by atoms with E-state index < -0.39 is 0 Å². The van der Waals surface area contributed by atoms with E-state index in [2.05, 4.69) is 88.7 Å². The van der Waals surface area contributed by atoms with Crippen LogP contribution in [0.5, 0.6) is 11.5 Å². The van der Waals surface area contributed by atoms with Crippen LogP contribution in [0, 0.1) is 18.8 Å². The summed E-state index contributed by atoms with van der Waals surface area (Å²) in [6.07, 6.45) is 0. The van der Waals surface area contributed by atoms with Gasteiger partial charge in [0.05, 0.1) is 18.8 Å². The Morgan fingerprint density at radius 1 is 0.857 bits per heavy atom. The molecule has 0 bridgehead atoms. The second-order valence-electron chi connectivity index (χ2n) is 8.34. The van der Waals surface area contributed by atoms with E-state index in [0.29, 0.717) is 25.0 Å². The molecule has 0 unspecified atom stereocenters. The predicted octanol–water partition coefficient (Wildman–Crippen LogP) is 5.71. The molecule has 2 aromatic carbocycles. The molecule has 0 spiro atoms. The first-order chi connectivity index (χ1) is 13.4. The van der Waals surface area contributed by atoms with Crippen molar-refractivity contribution < 1.29 is 14.0 Å². The number of ether oxygens (including phenoxy) is 2. The third-order valence-corrected chi connectivity index (χ3v) is 4.85. The van der Waals surface area contributed by atoms with E-state index in [-0.39, 0.29) is 0 Å². The summed E-state index contributed by atoms with van der Waals surface area (Å²) >= 11 is 0. The number of pyridine rings is 1. The first-order valence-electron chi connectivity index (χ1n) is 10.1. The summed E-state index contributed by atoms with van der Waals surface area (Å²) in [6, 6.07) is 17.0. The van der Waals surface area contributed by atoms with E-state index in [9.17, 15) is 0 Å². The lowest BCUT2D eigenvalue weighted by atomic mass is 10.0. The van der Waals surface area contributed by atoms with Crippen molar-refractivity contribution >= 4 is 10.9 Å². The molecule has 3 rings (SSSR count). The Kier molecular flexibility index (Phi) is 6.23. The van der Waals surface area contributed by atoms with E-state index in [1.54, 1.807) is 0 Å². The van der Waals surface area contributed by atoms with Crippen molar-refractivity contribution in [2.75, 3.05) is 13.2 Å². The average Bonchev–Trinajstić information content (AvgIpc) is 2.67. The van der Waals surface area contributed by atoms with Gasteiger partial charge in [0.15, 0.2) is 0 Å². The minimum atomic E-state index is 0.472. The van der Waals surface area contributed by atoms with Gasteiger partial charge in [0, 0.05) is 29.1 Å². The molecule has 1 heterocycles. The number of aromatic nitrogens is 1. The molecule has 148 valence electrons. The molecule has 0 saturated carbocycles. The highest BCUT2D eigenvalue weighted by molar-refractivity contribution is 5.78. The zero-order chi connectivity index (χ0) is 20.3. The quantitative estimate of drug-likeness (QED) is 0.491. The maximum atomic E-state index is 6.15. The number of rotatable bonds is 7. The number of benzene rings is 2. The second-order valence-corrected chi connectivity index (χ2v) is 8.34. The molecular formula is C25H32NO2+. The van der Waals surface area contributed by atoms with Crippen LogP contribution in [-0.4, -0.2) is 13.2 Å². The van der Waals surface area contributed by atoms with Gasteiger partial charge in [-0.25, -0.2) is 0 Å². The van der Waals surface area contributed by atoms with Crippen molar-refractivity contribution in [1.29, 1.82) is 0 Å². The van der Waals surface area contributed by atoms with Crippen LogP contribution in [0.1, 0.15) is 33.3 Å². The molecule has 3 heteroatoms. The van der Waals surface area contributed by atoms with Crippen LogP contribution in [0.2, 0.25) is 0 Å². The van der Waals surface area contributed by atoms with E-state index in [4.69, 9.17) is 9.47 Å². The molecule has 0 atom stereocenters. The molecule has 0 aliphatic carbocycles. The molecule has 0 aliphatic rings. The third kappa shape index (κ3) is 4.46. The van der Waals surface area contributed by atoms with Crippen LogP contribution in [0.4, 0.5) is 0 Å². The molecule has 3 nitrogen and oxygen atoms in total. The molecule has 0 N–H and O–H groups in total. The van der Waals surface area contributed by atoms with Gasteiger partial charge in [-0.2, -0.15) is 4.57 Å². The maximum absolute atomic E-state index is 6.15. The summed E-state index contributed by atoms with van der Waals surface area (Å²) in [6.45, 7) is 12.2. The average molecular weight is 379 g/mol. The van der Waals surface area contributed by atoms with Gasteiger partial charge in [-0.05, 0) is 37.0 Å². The first-order valence-corrected chi connectivity index (χ1v) is 10.1. The Bertz CT molecular complexity index is 960. The van der Waals surface area contributed by atoms with Gasteiger partial charge in [0.25, 0.3) is 0 Å². The lowest BCUT2D eigenvalue weighted by Crippen LogP contribution is -2.32. The van der Waals surface area contributed by atoms with E-state index in [1.807, 2.05) is 6.07 Å². The SMILES string of the molecule is Cc1c(OCC(C)C)cc(OCC(C)C)cc1-c1ccc2ccccc2[n+]1C. The Hall–Kier alpha value is -2.55. The van der Waals surface area contributed by atoms with Crippen LogP contribution in [0.3, 0.4) is 0 Å². The highest BCUT2D eigenvalue weighted by atomic mass is 16.5. The normalized spacial score (nSPS) is 11.4. The maximum Gasteiger partial charge on any atom is 0.213 e. The van der Waals surface area contributed by atoms with Crippen LogP contribution in [0.25, 0.3) is 22.2 Å². The number of fused-ring (bicyclic) bond motifs is 1. The number of para-hydroxylation sites is 1. The first kappa shape index (κ1) is 20.2. The highest BCUT2D eigenvalue weighted by Crippen LogP contribution is 2.34.